The van der Waals surface area contributed by atoms with Gasteiger partial charge >= 0.3 is 0 Å². The number of ether oxygens (including phenoxy) is 2. The minimum Gasteiger partial charge on any atom is -0.379 e. The van der Waals surface area contributed by atoms with Crippen molar-refractivity contribution in [3.05, 3.63) is 0 Å². The fourth-order valence-corrected chi connectivity index (χ4v) is 2.64. The highest BCUT2D eigenvalue weighted by molar-refractivity contribution is 5.88. The first-order chi connectivity index (χ1) is 9.65. The molecule has 2 aliphatic rings. The maximum Gasteiger partial charge on any atom is 0.242 e. The SMILES string of the molecule is CCCNC1COCC1C(=O)N1CCOCC1C(N)=O. The molecule has 0 radical (unpaired) electrons. The topological polar surface area (TPSA) is 93.9 Å². The zero-order valence-corrected chi connectivity index (χ0v) is 11.8. The van der Waals surface area contributed by atoms with Crippen molar-refractivity contribution in [1.82, 2.24) is 10.2 Å². The first-order valence-electron chi connectivity index (χ1n) is 7.13. The van der Waals surface area contributed by atoms with Gasteiger partial charge in [0, 0.05) is 12.6 Å². The van der Waals surface area contributed by atoms with Gasteiger partial charge in [0.1, 0.15) is 6.04 Å². The Kier molecular flexibility index (Phi) is 5.33. The van der Waals surface area contributed by atoms with Gasteiger partial charge in [0.25, 0.3) is 0 Å². The molecule has 0 spiro atoms. The van der Waals surface area contributed by atoms with Gasteiger partial charge in [-0.3, -0.25) is 9.59 Å². The smallest absolute Gasteiger partial charge is 0.242 e. The Balaban J connectivity index is 2.02. The molecule has 0 aliphatic carbocycles. The van der Waals surface area contributed by atoms with Gasteiger partial charge in [-0.25, -0.2) is 0 Å². The molecule has 2 rings (SSSR count). The van der Waals surface area contributed by atoms with Crippen LogP contribution in [0.5, 0.6) is 0 Å². The number of nitrogens with two attached hydrogens (primary N) is 1. The number of carbonyl (C=O) groups excluding carboxylic acids is 2. The lowest BCUT2D eigenvalue weighted by Crippen LogP contribution is -2.58. The molecule has 2 saturated heterocycles. The zero-order valence-electron chi connectivity index (χ0n) is 11.8. The third-order valence-electron chi connectivity index (χ3n) is 3.79. The molecule has 2 fully saturated rings. The van der Waals surface area contributed by atoms with Crippen molar-refractivity contribution >= 4 is 11.8 Å². The van der Waals surface area contributed by atoms with Crippen molar-refractivity contribution in [2.75, 3.05) is 39.5 Å². The second-order valence-electron chi connectivity index (χ2n) is 5.23. The van der Waals surface area contributed by atoms with Crippen molar-refractivity contribution < 1.29 is 19.1 Å². The molecular weight excluding hydrogens is 262 g/mol. The van der Waals surface area contributed by atoms with Gasteiger partial charge in [-0.05, 0) is 13.0 Å². The van der Waals surface area contributed by atoms with E-state index in [-0.39, 0.29) is 24.5 Å². The summed E-state index contributed by atoms with van der Waals surface area (Å²) in [6.45, 7) is 4.87. The summed E-state index contributed by atoms with van der Waals surface area (Å²) in [7, 11) is 0. The lowest BCUT2D eigenvalue weighted by molar-refractivity contribution is -0.150. The van der Waals surface area contributed by atoms with Crippen LogP contribution in [0.25, 0.3) is 0 Å². The molecule has 0 aromatic rings. The molecule has 20 heavy (non-hydrogen) atoms. The molecule has 3 N–H and O–H groups in total. The van der Waals surface area contributed by atoms with E-state index in [9.17, 15) is 9.59 Å². The number of nitrogens with zero attached hydrogens (tertiary/aromatic N) is 1. The summed E-state index contributed by atoms with van der Waals surface area (Å²) in [5.74, 6) is -0.834. The number of amides is 2. The maximum atomic E-state index is 12.6. The summed E-state index contributed by atoms with van der Waals surface area (Å²) < 4.78 is 10.7. The summed E-state index contributed by atoms with van der Waals surface area (Å²) in [4.78, 5) is 25.6. The van der Waals surface area contributed by atoms with Gasteiger partial charge in [-0.1, -0.05) is 6.92 Å². The minimum atomic E-state index is -0.663. The number of hydrogen-bond donors (Lipinski definition) is 2. The first-order valence-corrected chi connectivity index (χ1v) is 7.13. The Morgan fingerprint density at radius 1 is 1.30 bits per heavy atom. The van der Waals surface area contributed by atoms with E-state index < -0.39 is 11.9 Å². The van der Waals surface area contributed by atoms with Crippen LogP contribution in [0.2, 0.25) is 0 Å². The van der Waals surface area contributed by atoms with Gasteiger partial charge in [-0.2, -0.15) is 0 Å². The molecule has 2 amide bonds. The van der Waals surface area contributed by atoms with Crippen LogP contribution in [0.15, 0.2) is 0 Å². The van der Waals surface area contributed by atoms with Crippen LogP contribution in [0.1, 0.15) is 13.3 Å². The molecule has 114 valence electrons. The molecular formula is C13H23N3O4. The molecule has 2 heterocycles. The molecule has 2 aliphatic heterocycles. The zero-order chi connectivity index (χ0) is 14.5. The van der Waals surface area contributed by atoms with Gasteiger partial charge in [0.15, 0.2) is 0 Å². The van der Waals surface area contributed by atoms with Gasteiger partial charge in [0.2, 0.25) is 11.8 Å². The predicted octanol–water partition coefficient (Wildman–Crippen LogP) is -1.29. The van der Waals surface area contributed by atoms with Crippen LogP contribution in [0.4, 0.5) is 0 Å². The number of carbonyl (C=O) groups is 2. The molecule has 7 heteroatoms. The first kappa shape index (κ1) is 15.2. The third-order valence-corrected chi connectivity index (χ3v) is 3.79. The third kappa shape index (κ3) is 3.28. The molecule has 0 aromatic carbocycles. The maximum absolute atomic E-state index is 12.6. The summed E-state index contributed by atoms with van der Waals surface area (Å²) in [5, 5.41) is 3.33. The summed E-state index contributed by atoms with van der Waals surface area (Å²) in [6, 6.07) is -0.650. The van der Waals surface area contributed by atoms with Gasteiger partial charge in [0.05, 0.1) is 32.3 Å². The number of hydrogen-bond acceptors (Lipinski definition) is 5. The lowest BCUT2D eigenvalue weighted by Gasteiger charge is -2.36. The van der Waals surface area contributed by atoms with Crippen LogP contribution in [0, 0.1) is 5.92 Å². The second-order valence-corrected chi connectivity index (χ2v) is 5.23. The van der Waals surface area contributed by atoms with Crippen molar-refractivity contribution in [2.24, 2.45) is 11.7 Å². The fourth-order valence-electron chi connectivity index (χ4n) is 2.64. The van der Waals surface area contributed by atoms with E-state index in [0.29, 0.717) is 26.4 Å². The summed E-state index contributed by atoms with van der Waals surface area (Å²) >= 11 is 0. The Morgan fingerprint density at radius 3 is 2.80 bits per heavy atom. The fraction of sp³-hybridized carbons (Fsp3) is 0.846. The average molecular weight is 285 g/mol. The van der Waals surface area contributed by atoms with Crippen LogP contribution in [-0.4, -0.2) is 68.3 Å². The Bertz CT molecular complexity index is 364. The molecule has 0 bridgehead atoms. The largest absolute Gasteiger partial charge is 0.379 e. The normalized spacial score (nSPS) is 30.4. The van der Waals surface area contributed by atoms with E-state index in [1.54, 1.807) is 4.90 Å². The van der Waals surface area contributed by atoms with Crippen molar-refractivity contribution in [3.8, 4) is 0 Å². The molecule has 3 unspecified atom stereocenters. The highest BCUT2D eigenvalue weighted by atomic mass is 16.5. The second kappa shape index (κ2) is 7.01. The lowest BCUT2D eigenvalue weighted by atomic mass is 10.00. The molecule has 0 aromatic heterocycles. The number of rotatable bonds is 5. The van der Waals surface area contributed by atoms with E-state index in [4.69, 9.17) is 15.2 Å². The highest BCUT2D eigenvalue weighted by Crippen LogP contribution is 2.19. The van der Waals surface area contributed by atoms with Crippen LogP contribution >= 0.6 is 0 Å². The standard InChI is InChI=1S/C13H23N3O4/c1-2-3-15-10-7-20-6-9(10)13(18)16-4-5-19-8-11(16)12(14)17/h9-11,15H,2-8H2,1H3,(H2,14,17). The van der Waals surface area contributed by atoms with Crippen molar-refractivity contribution in [2.45, 2.75) is 25.4 Å². The summed E-state index contributed by atoms with van der Waals surface area (Å²) in [5.41, 5.74) is 5.35. The number of nitrogens with one attached hydrogen (secondary N) is 1. The van der Waals surface area contributed by atoms with E-state index in [1.165, 1.54) is 0 Å². The van der Waals surface area contributed by atoms with Crippen molar-refractivity contribution in [1.29, 1.82) is 0 Å². The molecule has 3 atom stereocenters. The molecule has 0 saturated carbocycles. The molecule has 7 nitrogen and oxygen atoms in total. The Labute approximate surface area is 118 Å². The Hall–Kier alpha value is -1.18. The van der Waals surface area contributed by atoms with Crippen LogP contribution in [-0.2, 0) is 19.1 Å². The van der Waals surface area contributed by atoms with E-state index >= 15 is 0 Å². The monoisotopic (exact) mass is 285 g/mol. The van der Waals surface area contributed by atoms with E-state index in [1.807, 2.05) is 0 Å². The quantitative estimate of drug-likeness (QED) is 0.656. The predicted molar refractivity (Wildman–Crippen MR) is 71.9 cm³/mol. The minimum absolute atomic E-state index is 0.0128. The number of primary amides is 1. The van der Waals surface area contributed by atoms with E-state index in [0.717, 1.165) is 13.0 Å². The summed E-state index contributed by atoms with van der Waals surface area (Å²) in [6.07, 6.45) is 0.999. The van der Waals surface area contributed by atoms with Crippen LogP contribution < -0.4 is 11.1 Å². The van der Waals surface area contributed by atoms with Gasteiger partial charge in [-0.15, -0.1) is 0 Å². The van der Waals surface area contributed by atoms with Gasteiger partial charge < -0.3 is 25.4 Å². The number of morpholine rings is 1. The van der Waals surface area contributed by atoms with Crippen LogP contribution in [0.3, 0.4) is 0 Å². The highest BCUT2D eigenvalue weighted by Gasteiger charge is 2.40. The Morgan fingerprint density at radius 2 is 2.10 bits per heavy atom. The van der Waals surface area contributed by atoms with Crippen molar-refractivity contribution in [3.63, 3.8) is 0 Å². The average Bonchev–Trinajstić information content (AvgIpc) is 2.92. The van der Waals surface area contributed by atoms with E-state index in [2.05, 4.69) is 12.2 Å².